The number of benzene rings is 2. The second-order valence-electron chi connectivity index (χ2n) is 7.46. The molecule has 0 radical (unpaired) electrons. The summed E-state index contributed by atoms with van der Waals surface area (Å²) in [6.07, 6.45) is 1.13. The fourth-order valence-corrected chi connectivity index (χ4v) is 3.67. The number of carbonyl (C=O) groups excluding carboxylic acids is 2. The third kappa shape index (κ3) is 5.89. The highest BCUT2D eigenvalue weighted by Crippen LogP contribution is 2.13. The minimum Gasteiger partial charge on any atom is -0.355 e. The van der Waals surface area contributed by atoms with E-state index in [0.29, 0.717) is 11.1 Å². The van der Waals surface area contributed by atoms with Crippen LogP contribution < -0.4 is 10.6 Å². The molecule has 2 amide bonds. The van der Waals surface area contributed by atoms with Gasteiger partial charge in [-0.1, -0.05) is 24.3 Å². The third-order valence-corrected chi connectivity index (χ3v) is 5.38. The van der Waals surface area contributed by atoms with Gasteiger partial charge in [-0.2, -0.15) is 0 Å². The molecule has 29 heavy (non-hydrogen) atoms. The molecule has 1 aliphatic rings. The normalized spacial score (nSPS) is 15.5. The molecule has 6 nitrogen and oxygen atoms in total. The van der Waals surface area contributed by atoms with Crippen LogP contribution in [0.15, 0.2) is 48.5 Å². The van der Waals surface area contributed by atoms with Crippen molar-refractivity contribution >= 4 is 11.8 Å². The summed E-state index contributed by atoms with van der Waals surface area (Å²) < 4.78 is 0. The molecule has 3 rings (SSSR count). The van der Waals surface area contributed by atoms with Gasteiger partial charge in [0.15, 0.2) is 0 Å². The van der Waals surface area contributed by atoms with Gasteiger partial charge < -0.3 is 10.6 Å². The first-order valence-electron chi connectivity index (χ1n) is 10.2. The Morgan fingerprint density at radius 3 is 1.41 bits per heavy atom. The van der Waals surface area contributed by atoms with Crippen LogP contribution in [0.3, 0.4) is 0 Å². The van der Waals surface area contributed by atoms with Crippen molar-refractivity contribution in [2.45, 2.75) is 19.5 Å². The minimum absolute atomic E-state index is 0.0506. The monoisotopic (exact) mass is 394 g/mol. The number of hydrogen-bond acceptors (Lipinski definition) is 4. The van der Waals surface area contributed by atoms with E-state index < -0.39 is 0 Å². The highest BCUT2D eigenvalue weighted by molar-refractivity contribution is 5.94. The van der Waals surface area contributed by atoms with Gasteiger partial charge in [0.05, 0.1) is 0 Å². The van der Waals surface area contributed by atoms with Crippen molar-refractivity contribution in [3.8, 4) is 0 Å². The summed E-state index contributed by atoms with van der Waals surface area (Å²) in [5.74, 6) is -0.101. The van der Waals surface area contributed by atoms with Crippen molar-refractivity contribution in [3.63, 3.8) is 0 Å². The Bertz CT molecular complexity index is 748. The number of nitrogens with zero attached hydrogens (tertiary/aromatic N) is 2. The third-order valence-electron chi connectivity index (χ3n) is 5.38. The van der Waals surface area contributed by atoms with Crippen LogP contribution in [0, 0.1) is 0 Å². The fraction of sp³-hybridized carbons (Fsp3) is 0.391. The smallest absolute Gasteiger partial charge is 0.251 e. The molecule has 1 aliphatic heterocycles. The first-order valence-corrected chi connectivity index (χ1v) is 10.2. The van der Waals surface area contributed by atoms with E-state index in [1.807, 2.05) is 48.5 Å². The maximum atomic E-state index is 11.7. The van der Waals surface area contributed by atoms with Gasteiger partial charge in [0.1, 0.15) is 0 Å². The van der Waals surface area contributed by atoms with Gasteiger partial charge >= 0.3 is 0 Å². The van der Waals surface area contributed by atoms with Gasteiger partial charge in [0.2, 0.25) is 0 Å². The lowest BCUT2D eigenvalue weighted by Gasteiger charge is -2.22. The molecule has 1 fully saturated rings. The summed E-state index contributed by atoms with van der Waals surface area (Å²) in [7, 11) is 3.30. The topological polar surface area (TPSA) is 64.7 Å². The Morgan fingerprint density at radius 2 is 1.07 bits per heavy atom. The molecule has 0 aromatic heterocycles. The quantitative estimate of drug-likeness (QED) is 0.788. The van der Waals surface area contributed by atoms with Gasteiger partial charge in [0, 0.05) is 51.4 Å². The lowest BCUT2D eigenvalue weighted by molar-refractivity contribution is 0.0955. The van der Waals surface area contributed by atoms with E-state index in [4.69, 9.17) is 0 Å². The molecule has 0 atom stereocenters. The van der Waals surface area contributed by atoms with Crippen LogP contribution in [0.25, 0.3) is 0 Å². The predicted molar refractivity (Wildman–Crippen MR) is 115 cm³/mol. The summed E-state index contributed by atoms with van der Waals surface area (Å²) >= 11 is 0. The molecular weight excluding hydrogens is 364 g/mol. The molecule has 0 bridgehead atoms. The highest BCUT2D eigenvalue weighted by atomic mass is 16.2. The first-order chi connectivity index (χ1) is 14.1. The largest absolute Gasteiger partial charge is 0.355 e. The second kappa shape index (κ2) is 10.2. The van der Waals surface area contributed by atoms with Crippen LogP contribution in [0.4, 0.5) is 0 Å². The predicted octanol–water partition coefficient (Wildman–Crippen LogP) is 2.11. The van der Waals surface area contributed by atoms with Crippen molar-refractivity contribution in [1.82, 2.24) is 20.4 Å². The van der Waals surface area contributed by atoms with Crippen molar-refractivity contribution in [1.29, 1.82) is 0 Å². The minimum atomic E-state index is -0.0506. The van der Waals surface area contributed by atoms with Gasteiger partial charge in [-0.3, -0.25) is 19.4 Å². The highest BCUT2D eigenvalue weighted by Gasteiger charge is 2.16. The molecule has 2 aromatic carbocycles. The number of nitrogens with one attached hydrogen (secondary N) is 2. The molecule has 2 N–H and O–H groups in total. The summed E-state index contributed by atoms with van der Waals surface area (Å²) in [6.45, 7) is 6.00. The van der Waals surface area contributed by atoms with Crippen molar-refractivity contribution in [3.05, 3.63) is 70.8 Å². The number of hydrogen-bond donors (Lipinski definition) is 2. The Kier molecular flexibility index (Phi) is 7.38. The van der Waals surface area contributed by atoms with E-state index in [9.17, 15) is 9.59 Å². The Balaban J connectivity index is 1.51. The van der Waals surface area contributed by atoms with E-state index in [-0.39, 0.29) is 11.8 Å². The van der Waals surface area contributed by atoms with E-state index in [0.717, 1.165) is 45.7 Å². The van der Waals surface area contributed by atoms with Crippen LogP contribution >= 0.6 is 0 Å². The molecule has 1 heterocycles. The zero-order valence-electron chi connectivity index (χ0n) is 17.3. The van der Waals surface area contributed by atoms with E-state index in [2.05, 4.69) is 20.4 Å². The molecular formula is C23H30N4O2. The van der Waals surface area contributed by atoms with Crippen LogP contribution in [-0.2, 0) is 13.1 Å². The zero-order chi connectivity index (χ0) is 20.6. The average molecular weight is 395 g/mol. The summed E-state index contributed by atoms with van der Waals surface area (Å²) in [6, 6.07) is 15.7. The standard InChI is InChI=1S/C23H30N4O2/c1-24-22(28)20-8-4-18(5-9-20)16-26-12-3-13-27(15-14-26)17-19-6-10-21(11-7-19)23(29)25-2/h4-11H,3,12-17H2,1-2H3,(H,24,28)(H,25,29). The van der Waals surface area contributed by atoms with Crippen molar-refractivity contribution < 1.29 is 9.59 Å². The summed E-state index contributed by atoms with van der Waals surface area (Å²) in [5, 5.41) is 5.30. The molecule has 2 aromatic rings. The van der Waals surface area contributed by atoms with E-state index in [1.54, 1.807) is 14.1 Å². The van der Waals surface area contributed by atoms with Crippen molar-refractivity contribution in [2.24, 2.45) is 0 Å². The van der Waals surface area contributed by atoms with Crippen LogP contribution in [0.1, 0.15) is 38.3 Å². The van der Waals surface area contributed by atoms with Gasteiger partial charge in [-0.15, -0.1) is 0 Å². The summed E-state index contributed by atoms with van der Waals surface area (Å²) in [4.78, 5) is 28.3. The SMILES string of the molecule is CNC(=O)c1ccc(CN2CCCN(Cc3ccc(C(=O)NC)cc3)CC2)cc1. The fourth-order valence-electron chi connectivity index (χ4n) is 3.67. The summed E-state index contributed by atoms with van der Waals surface area (Å²) in [5.41, 5.74) is 3.85. The zero-order valence-corrected chi connectivity index (χ0v) is 17.3. The van der Waals surface area contributed by atoms with Crippen molar-refractivity contribution in [2.75, 3.05) is 40.3 Å². The van der Waals surface area contributed by atoms with E-state index >= 15 is 0 Å². The number of amides is 2. The molecule has 0 unspecified atom stereocenters. The van der Waals surface area contributed by atoms with Crippen LogP contribution in [0.5, 0.6) is 0 Å². The Hall–Kier alpha value is -2.70. The van der Waals surface area contributed by atoms with Crippen LogP contribution in [0.2, 0.25) is 0 Å². The molecule has 1 saturated heterocycles. The Labute approximate surface area is 172 Å². The average Bonchev–Trinajstić information content (AvgIpc) is 2.98. The lowest BCUT2D eigenvalue weighted by atomic mass is 10.1. The first kappa shape index (κ1) is 21.0. The molecule has 6 heteroatoms. The number of carbonyl (C=O) groups is 2. The van der Waals surface area contributed by atoms with Gasteiger partial charge in [0.25, 0.3) is 11.8 Å². The maximum absolute atomic E-state index is 11.7. The molecule has 154 valence electrons. The van der Waals surface area contributed by atoms with Gasteiger partial charge in [-0.25, -0.2) is 0 Å². The van der Waals surface area contributed by atoms with Crippen LogP contribution in [-0.4, -0.2) is 61.9 Å². The van der Waals surface area contributed by atoms with E-state index in [1.165, 1.54) is 11.1 Å². The Morgan fingerprint density at radius 1 is 0.690 bits per heavy atom. The van der Waals surface area contributed by atoms with Gasteiger partial charge in [-0.05, 0) is 54.9 Å². The lowest BCUT2D eigenvalue weighted by Crippen LogP contribution is -2.30. The molecule has 0 spiro atoms. The number of rotatable bonds is 6. The second-order valence-corrected chi connectivity index (χ2v) is 7.46. The molecule has 0 saturated carbocycles. The molecule has 0 aliphatic carbocycles. The maximum Gasteiger partial charge on any atom is 0.251 e.